The fourth-order valence-electron chi connectivity index (χ4n) is 3.50. The lowest BCUT2D eigenvalue weighted by Gasteiger charge is -2.37. The Morgan fingerprint density at radius 3 is 3.00 bits per heavy atom. The largest absolute Gasteiger partial charge is 0.371 e. The van der Waals surface area contributed by atoms with Crippen LogP contribution in [0.2, 0.25) is 0 Å². The van der Waals surface area contributed by atoms with Crippen molar-refractivity contribution in [2.45, 2.75) is 31.3 Å². The Kier molecular flexibility index (Phi) is 3.96. The monoisotopic (exact) mass is 351 g/mol. The van der Waals surface area contributed by atoms with Crippen molar-refractivity contribution in [3.05, 3.63) is 48.8 Å². The van der Waals surface area contributed by atoms with E-state index in [4.69, 9.17) is 14.2 Å². The molecule has 3 aromatic rings. The molecule has 6 nitrogen and oxygen atoms in total. The lowest BCUT2D eigenvalue weighted by atomic mass is 10.1. The zero-order valence-electron chi connectivity index (χ0n) is 14.5. The number of ether oxygens (including phenoxy) is 3. The highest BCUT2D eigenvalue weighted by Crippen LogP contribution is 2.36. The number of hydrogen-bond donors (Lipinski definition) is 0. The van der Waals surface area contributed by atoms with E-state index in [1.54, 1.807) is 6.20 Å². The molecule has 2 atom stereocenters. The van der Waals surface area contributed by atoms with Crippen LogP contribution in [0.4, 0.5) is 0 Å². The number of pyridine rings is 1. The fraction of sp³-hybridized carbons (Fsp3) is 0.400. The van der Waals surface area contributed by atoms with Gasteiger partial charge in [0, 0.05) is 29.8 Å². The summed E-state index contributed by atoms with van der Waals surface area (Å²) in [5, 5.41) is 5.69. The van der Waals surface area contributed by atoms with Crippen molar-refractivity contribution < 1.29 is 14.2 Å². The summed E-state index contributed by atoms with van der Waals surface area (Å²) >= 11 is 0. The maximum atomic E-state index is 6.23. The molecule has 5 rings (SSSR count). The maximum Gasteiger partial charge on any atom is 0.271 e. The van der Waals surface area contributed by atoms with Crippen LogP contribution in [0.3, 0.4) is 0 Å². The zero-order chi connectivity index (χ0) is 17.4. The average Bonchev–Trinajstić information content (AvgIpc) is 3.40. The van der Waals surface area contributed by atoms with Gasteiger partial charge in [-0.25, -0.2) is 4.68 Å². The predicted molar refractivity (Wildman–Crippen MR) is 96.4 cm³/mol. The van der Waals surface area contributed by atoms with Gasteiger partial charge < -0.3 is 14.2 Å². The quantitative estimate of drug-likeness (QED) is 0.660. The normalized spacial score (nSPS) is 25.5. The SMILES string of the molecule is c1cnc2cc(-c3ccnn3C3(OC[C@H]4CO4)CCCCO3)ccc2c1. The fourth-order valence-corrected chi connectivity index (χ4v) is 3.50. The third-order valence-corrected chi connectivity index (χ3v) is 4.98. The molecule has 2 saturated heterocycles. The van der Waals surface area contributed by atoms with Gasteiger partial charge in [-0.15, -0.1) is 0 Å². The van der Waals surface area contributed by atoms with Gasteiger partial charge in [0.25, 0.3) is 5.91 Å². The number of epoxide rings is 1. The Morgan fingerprint density at radius 1 is 1.19 bits per heavy atom. The van der Waals surface area contributed by atoms with E-state index in [0.29, 0.717) is 13.2 Å². The highest BCUT2D eigenvalue weighted by molar-refractivity contribution is 5.83. The number of benzene rings is 1. The minimum absolute atomic E-state index is 0.182. The zero-order valence-corrected chi connectivity index (χ0v) is 14.5. The highest BCUT2D eigenvalue weighted by Gasteiger charge is 2.41. The molecule has 0 saturated carbocycles. The van der Waals surface area contributed by atoms with Crippen molar-refractivity contribution in [3.8, 4) is 11.3 Å². The van der Waals surface area contributed by atoms with Crippen molar-refractivity contribution in [2.24, 2.45) is 0 Å². The Bertz CT molecular complexity index is 913. The average molecular weight is 351 g/mol. The summed E-state index contributed by atoms with van der Waals surface area (Å²) in [6, 6.07) is 12.3. The van der Waals surface area contributed by atoms with Crippen LogP contribution in [-0.4, -0.2) is 40.7 Å². The number of hydrogen-bond acceptors (Lipinski definition) is 5. The Labute approximate surface area is 151 Å². The lowest BCUT2D eigenvalue weighted by Crippen LogP contribution is -2.44. The molecule has 6 heteroatoms. The van der Waals surface area contributed by atoms with E-state index in [-0.39, 0.29) is 6.10 Å². The first-order chi connectivity index (χ1) is 12.8. The van der Waals surface area contributed by atoms with Crippen molar-refractivity contribution in [3.63, 3.8) is 0 Å². The van der Waals surface area contributed by atoms with Crippen LogP contribution < -0.4 is 0 Å². The van der Waals surface area contributed by atoms with Crippen molar-refractivity contribution in [1.29, 1.82) is 0 Å². The van der Waals surface area contributed by atoms with Gasteiger partial charge in [0.15, 0.2) is 0 Å². The van der Waals surface area contributed by atoms with Gasteiger partial charge in [-0.3, -0.25) is 4.98 Å². The van der Waals surface area contributed by atoms with Gasteiger partial charge in [-0.2, -0.15) is 5.10 Å². The molecule has 1 unspecified atom stereocenters. The minimum atomic E-state index is -0.859. The van der Waals surface area contributed by atoms with Gasteiger partial charge in [0.2, 0.25) is 0 Å². The third kappa shape index (κ3) is 2.90. The van der Waals surface area contributed by atoms with Crippen molar-refractivity contribution in [1.82, 2.24) is 14.8 Å². The molecule has 2 aliphatic rings. The summed E-state index contributed by atoms with van der Waals surface area (Å²) in [5.41, 5.74) is 2.98. The molecule has 0 radical (unpaired) electrons. The van der Waals surface area contributed by atoms with Gasteiger partial charge in [0.05, 0.1) is 31.0 Å². The Balaban J connectivity index is 1.54. The van der Waals surface area contributed by atoms with E-state index in [1.165, 1.54) is 0 Å². The molecular weight excluding hydrogens is 330 g/mol. The van der Waals surface area contributed by atoms with Crippen LogP contribution in [0, 0.1) is 0 Å². The molecule has 0 bridgehead atoms. The minimum Gasteiger partial charge on any atom is -0.371 e. The van der Waals surface area contributed by atoms with E-state index in [0.717, 1.165) is 48.0 Å². The van der Waals surface area contributed by atoms with Crippen molar-refractivity contribution in [2.75, 3.05) is 19.8 Å². The molecule has 0 spiro atoms. The van der Waals surface area contributed by atoms with E-state index in [1.807, 2.05) is 23.0 Å². The molecule has 2 aromatic heterocycles. The summed E-state index contributed by atoms with van der Waals surface area (Å²) in [6.45, 7) is 1.96. The second-order valence-electron chi connectivity index (χ2n) is 6.82. The molecule has 0 amide bonds. The van der Waals surface area contributed by atoms with Crippen LogP contribution in [0.1, 0.15) is 19.3 Å². The van der Waals surface area contributed by atoms with Gasteiger partial charge in [0.1, 0.15) is 6.10 Å². The standard InChI is InChI=1S/C20H21N3O3/c1-2-11-25-20(8-1,26-14-17-13-24-17)23-19(7-10-22-23)16-6-5-15-4-3-9-21-18(15)12-16/h3-7,9-10,12,17H,1-2,8,11,13-14H2/t17-,20?/m1/s1. The highest BCUT2D eigenvalue weighted by atomic mass is 16.7. The van der Waals surface area contributed by atoms with Crippen molar-refractivity contribution >= 4 is 10.9 Å². The summed E-state index contributed by atoms with van der Waals surface area (Å²) in [7, 11) is 0. The van der Waals surface area contributed by atoms with Gasteiger partial charge in [-0.05, 0) is 31.0 Å². The molecular formula is C20H21N3O3. The molecule has 26 heavy (non-hydrogen) atoms. The summed E-state index contributed by atoms with van der Waals surface area (Å²) in [4.78, 5) is 4.47. The number of rotatable bonds is 5. The van der Waals surface area contributed by atoms with Crippen LogP contribution >= 0.6 is 0 Å². The van der Waals surface area contributed by atoms with Crippen LogP contribution in [0.5, 0.6) is 0 Å². The van der Waals surface area contributed by atoms with Crippen LogP contribution in [0.25, 0.3) is 22.2 Å². The predicted octanol–water partition coefficient (Wildman–Crippen LogP) is 3.32. The summed E-state index contributed by atoms with van der Waals surface area (Å²) in [6.07, 6.45) is 6.66. The third-order valence-electron chi connectivity index (χ3n) is 4.98. The maximum absolute atomic E-state index is 6.23. The first-order valence-electron chi connectivity index (χ1n) is 9.13. The topological polar surface area (TPSA) is 61.7 Å². The molecule has 4 heterocycles. The first-order valence-corrected chi connectivity index (χ1v) is 9.13. The molecule has 2 aliphatic heterocycles. The smallest absolute Gasteiger partial charge is 0.271 e. The van der Waals surface area contributed by atoms with Crippen LogP contribution in [0.15, 0.2) is 48.8 Å². The van der Waals surface area contributed by atoms with E-state index in [2.05, 4.69) is 34.3 Å². The van der Waals surface area contributed by atoms with E-state index >= 15 is 0 Å². The van der Waals surface area contributed by atoms with Gasteiger partial charge in [-0.1, -0.05) is 18.2 Å². The summed E-state index contributed by atoms with van der Waals surface area (Å²) in [5.74, 6) is -0.859. The summed E-state index contributed by atoms with van der Waals surface area (Å²) < 4.78 is 19.6. The molecule has 0 aliphatic carbocycles. The molecule has 1 aromatic carbocycles. The lowest BCUT2D eigenvalue weighted by molar-refractivity contribution is -0.317. The Hall–Kier alpha value is -2.28. The number of aromatic nitrogens is 3. The van der Waals surface area contributed by atoms with Gasteiger partial charge >= 0.3 is 0 Å². The van der Waals surface area contributed by atoms with E-state index in [9.17, 15) is 0 Å². The second-order valence-corrected chi connectivity index (χ2v) is 6.82. The molecule has 2 fully saturated rings. The molecule has 0 N–H and O–H groups in total. The first kappa shape index (κ1) is 15.9. The van der Waals surface area contributed by atoms with Crippen LogP contribution in [-0.2, 0) is 20.1 Å². The van der Waals surface area contributed by atoms with E-state index < -0.39 is 5.91 Å². The Morgan fingerprint density at radius 2 is 2.15 bits per heavy atom. The number of fused-ring (bicyclic) bond motifs is 1. The number of nitrogens with zero attached hydrogens (tertiary/aromatic N) is 3. The molecule has 134 valence electrons. The second kappa shape index (κ2) is 6.46.